The molecule has 0 aliphatic carbocycles. The van der Waals surface area contributed by atoms with Crippen molar-refractivity contribution in [2.45, 2.75) is 6.54 Å². The van der Waals surface area contributed by atoms with Crippen LogP contribution in [0.4, 0.5) is 0 Å². The fourth-order valence-electron chi connectivity index (χ4n) is 1.02. The van der Waals surface area contributed by atoms with Crippen molar-refractivity contribution in [3.63, 3.8) is 0 Å². The third-order valence-electron chi connectivity index (χ3n) is 1.51. The Morgan fingerprint density at radius 2 is 2.55 bits per heavy atom. The molecule has 1 aromatic heterocycles. The summed E-state index contributed by atoms with van der Waals surface area (Å²) >= 11 is 1.21. The molecule has 1 aliphatic rings. The molecule has 0 aromatic carbocycles. The Hall–Kier alpha value is -1.07. The molecule has 0 atom stereocenters. The zero-order valence-corrected chi connectivity index (χ0v) is 6.52. The van der Waals surface area contributed by atoms with Gasteiger partial charge >= 0.3 is 4.87 Å². The lowest BCUT2D eigenvalue weighted by atomic mass is 10.3. The SMILES string of the molecule is NN1C=Cc2sc(=O)[nH]c2C1. The number of fused-ring (bicyclic) bond motifs is 1. The summed E-state index contributed by atoms with van der Waals surface area (Å²) in [5.74, 6) is 5.49. The monoisotopic (exact) mass is 169 g/mol. The standard InChI is InChI=1S/C6H7N3OS/c7-9-2-1-5-4(3-9)8-6(10)11-5/h1-2H,3,7H2,(H,8,10). The van der Waals surface area contributed by atoms with Gasteiger partial charge in [-0.05, 0) is 6.08 Å². The highest BCUT2D eigenvalue weighted by molar-refractivity contribution is 7.10. The molecular formula is C6H7N3OS. The van der Waals surface area contributed by atoms with Crippen LogP contribution in [0.5, 0.6) is 0 Å². The number of rotatable bonds is 0. The van der Waals surface area contributed by atoms with E-state index in [1.807, 2.05) is 6.08 Å². The highest BCUT2D eigenvalue weighted by Gasteiger charge is 2.10. The highest BCUT2D eigenvalue weighted by Crippen LogP contribution is 2.16. The largest absolute Gasteiger partial charge is 0.314 e. The van der Waals surface area contributed by atoms with Crippen LogP contribution in [-0.4, -0.2) is 9.99 Å². The molecule has 0 unspecified atom stereocenters. The summed E-state index contributed by atoms with van der Waals surface area (Å²) < 4.78 is 0. The van der Waals surface area contributed by atoms with Crippen LogP contribution < -0.4 is 10.7 Å². The summed E-state index contributed by atoms with van der Waals surface area (Å²) in [7, 11) is 0. The molecule has 1 aliphatic heterocycles. The molecule has 2 rings (SSSR count). The topological polar surface area (TPSA) is 62.1 Å². The van der Waals surface area contributed by atoms with Gasteiger partial charge in [-0.1, -0.05) is 11.3 Å². The molecule has 0 radical (unpaired) electrons. The van der Waals surface area contributed by atoms with E-state index in [-0.39, 0.29) is 4.87 Å². The minimum absolute atomic E-state index is 0.0186. The molecule has 4 nitrogen and oxygen atoms in total. The van der Waals surface area contributed by atoms with E-state index in [1.54, 1.807) is 6.20 Å². The van der Waals surface area contributed by atoms with Crippen LogP contribution in [0, 0.1) is 0 Å². The predicted octanol–water partition coefficient (Wildman–Crippen LogP) is 0.0964. The van der Waals surface area contributed by atoms with E-state index in [1.165, 1.54) is 16.3 Å². The van der Waals surface area contributed by atoms with Gasteiger partial charge in [-0.15, -0.1) is 0 Å². The molecule has 58 valence electrons. The molecule has 0 amide bonds. The number of H-pyrrole nitrogens is 1. The van der Waals surface area contributed by atoms with E-state index in [2.05, 4.69) is 4.98 Å². The molecule has 11 heavy (non-hydrogen) atoms. The van der Waals surface area contributed by atoms with Crippen molar-refractivity contribution in [2.24, 2.45) is 5.84 Å². The minimum atomic E-state index is -0.0186. The first-order valence-corrected chi connectivity index (χ1v) is 3.99. The van der Waals surface area contributed by atoms with Gasteiger partial charge in [-0.2, -0.15) is 0 Å². The summed E-state index contributed by atoms with van der Waals surface area (Å²) in [5, 5.41) is 1.53. The Bertz CT molecular complexity index is 351. The Balaban J connectivity index is 2.52. The summed E-state index contributed by atoms with van der Waals surface area (Å²) in [5.41, 5.74) is 0.907. The van der Waals surface area contributed by atoms with E-state index in [0.717, 1.165) is 10.6 Å². The number of hydrogen-bond acceptors (Lipinski definition) is 4. The smallest absolute Gasteiger partial charge is 0.305 e. The van der Waals surface area contributed by atoms with E-state index < -0.39 is 0 Å². The molecule has 0 fully saturated rings. The maximum absolute atomic E-state index is 10.8. The van der Waals surface area contributed by atoms with E-state index in [4.69, 9.17) is 5.84 Å². The Labute approximate surface area is 66.9 Å². The van der Waals surface area contributed by atoms with Gasteiger partial charge in [0, 0.05) is 6.20 Å². The van der Waals surface area contributed by atoms with Gasteiger partial charge in [-0.25, -0.2) is 5.84 Å². The van der Waals surface area contributed by atoms with Crippen LogP contribution in [0.25, 0.3) is 6.08 Å². The quantitative estimate of drug-likeness (QED) is 0.541. The number of hydrogen-bond donors (Lipinski definition) is 2. The lowest BCUT2D eigenvalue weighted by Crippen LogP contribution is -2.26. The molecule has 0 saturated heterocycles. The fourth-order valence-corrected chi connectivity index (χ4v) is 1.76. The molecular weight excluding hydrogens is 162 g/mol. The lowest BCUT2D eigenvalue weighted by molar-refractivity contribution is 0.380. The number of aromatic nitrogens is 1. The van der Waals surface area contributed by atoms with Gasteiger partial charge in [0.2, 0.25) is 0 Å². The van der Waals surface area contributed by atoms with Crippen molar-refractivity contribution >= 4 is 17.4 Å². The molecule has 2 heterocycles. The van der Waals surface area contributed by atoms with Crippen molar-refractivity contribution in [3.8, 4) is 0 Å². The number of nitrogens with one attached hydrogen (secondary N) is 1. The zero-order chi connectivity index (χ0) is 7.84. The van der Waals surface area contributed by atoms with E-state index >= 15 is 0 Å². The van der Waals surface area contributed by atoms with Crippen molar-refractivity contribution in [1.82, 2.24) is 9.99 Å². The number of nitrogens with zero attached hydrogens (tertiary/aromatic N) is 1. The summed E-state index contributed by atoms with van der Waals surface area (Å²) in [4.78, 5) is 14.5. The second kappa shape index (κ2) is 2.21. The molecule has 0 spiro atoms. The molecule has 0 bridgehead atoms. The Morgan fingerprint density at radius 3 is 3.36 bits per heavy atom. The first-order chi connectivity index (χ1) is 5.25. The molecule has 0 saturated carbocycles. The highest BCUT2D eigenvalue weighted by atomic mass is 32.1. The van der Waals surface area contributed by atoms with Crippen LogP contribution in [0.2, 0.25) is 0 Å². The summed E-state index contributed by atoms with van der Waals surface area (Å²) in [6.45, 7) is 0.588. The van der Waals surface area contributed by atoms with Crippen LogP contribution in [-0.2, 0) is 6.54 Å². The fraction of sp³-hybridized carbons (Fsp3) is 0.167. The van der Waals surface area contributed by atoms with Gasteiger partial charge in [0.25, 0.3) is 0 Å². The normalized spacial score (nSPS) is 15.2. The van der Waals surface area contributed by atoms with Crippen molar-refractivity contribution in [3.05, 3.63) is 26.4 Å². The summed E-state index contributed by atoms with van der Waals surface area (Å²) in [6.07, 6.45) is 3.59. The average Bonchev–Trinajstić information content (AvgIpc) is 2.27. The van der Waals surface area contributed by atoms with Crippen LogP contribution in [0.3, 0.4) is 0 Å². The minimum Gasteiger partial charge on any atom is -0.314 e. The maximum atomic E-state index is 10.8. The molecule has 3 N–H and O–H groups in total. The van der Waals surface area contributed by atoms with Crippen molar-refractivity contribution < 1.29 is 0 Å². The van der Waals surface area contributed by atoms with Gasteiger partial charge in [-0.3, -0.25) is 4.79 Å². The van der Waals surface area contributed by atoms with Crippen molar-refractivity contribution in [1.29, 1.82) is 0 Å². The Morgan fingerprint density at radius 1 is 1.73 bits per heavy atom. The molecule has 5 heteroatoms. The van der Waals surface area contributed by atoms with Gasteiger partial charge < -0.3 is 9.99 Å². The second-order valence-corrected chi connectivity index (χ2v) is 3.36. The predicted molar refractivity (Wildman–Crippen MR) is 43.7 cm³/mol. The van der Waals surface area contributed by atoms with Gasteiger partial charge in [0.05, 0.1) is 17.1 Å². The van der Waals surface area contributed by atoms with Crippen LogP contribution in [0.15, 0.2) is 11.0 Å². The summed E-state index contributed by atoms with van der Waals surface area (Å²) in [6, 6.07) is 0. The average molecular weight is 169 g/mol. The van der Waals surface area contributed by atoms with E-state index in [0.29, 0.717) is 6.54 Å². The first kappa shape index (κ1) is 6.63. The zero-order valence-electron chi connectivity index (χ0n) is 5.70. The lowest BCUT2D eigenvalue weighted by Gasteiger charge is -2.15. The number of thiazole rings is 1. The number of hydrazine groups is 1. The Kier molecular flexibility index (Phi) is 1.33. The van der Waals surface area contributed by atoms with Crippen LogP contribution >= 0.6 is 11.3 Å². The van der Waals surface area contributed by atoms with Gasteiger partial charge in [0.15, 0.2) is 0 Å². The number of aromatic amines is 1. The molecule has 1 aromatic rings. The van der Waals surface area contributed by atoms with Crippen molar-refractivity contribution in [2.75, 3.05) is 0 Å². The third-order valence-corrected chi connectivity index (χ3v) is 2.40. The second-order valence-electron chi connectivity index (χ2n) is 2.35. The van der Waals surface area contributed by atoms with Gasteiger partial charge in [0.1, 0.15) is 0 Å². The first-order valence-electron chi connectivity index (χ1n) is 3.17. The third kappa shape index (κ3) is 1.08. The maximum Gasteiger partial charge on any atom is 0.305 e. The van der Waals surface area contributed by atoms with E-state index in [9.17, 15) is 4.79 Å². The number of nitrogens with two attached hydrogens (primary N) is 1. The van der Waals surface area contributed by atoms with Crippen LogP contribution in [0.1, 0.15) is 10.6 Å².